The number of aryl methyl sites for hydroxylation is 1. The number of hydrogen-bond acceptors (Lipinski definition) is 2. The van der Waals surface area contributed by atoms with E-state index in [1.165, 1.54) is 6.07 Å². The number of rotatable bonds is 2. The van der Waals surface area contributed by atoms with E-state index in [0.717, 1.165) is 37.4 Å². The van der Waals surface area contributed by atoms with Crippen LogP contribution in [0.15, 0.2) is 24.4 Å². The Kier molecular flexibility index (Phi) is 3.66. The van der Waals surface area contributed by atoms with Crippen molar-refractivity contribution >= 4 is 17.3 Å². The molecule has 2 aromatic rings. The highest BCUT2D eigenvalue weighted by atomic mass is 35.5. The third-order valence-electron chi connectivity index (χ3n) is 3.89. The minimum atomic E-state index is -0.244. The number of anilines is 1. The lowest BCUT2D eigenvalue weighted by Crippen LogP contribution is -2.33. The van der Waals surface area contributed by atoms with Crippen LogP contribution in [0.4, 0.5) is 10.1 Å². The van der Waals surface area contributed by atoms with Gasteiger partial charge in [-0.25, -0.2) is 9.37 Å². The molecule has 1 saturated heterocycles. The van der Waals surface area contributed by atoms with Crippen LogP contribution in [0.2, 0.25) is 5.02 Å². The van der Waals surface area contributed by atoms with Gasteiger partial charge in [0.25, 0.3) is 0 Å². The summed E-state index contributed by atoms with van der Waals surface area (Å²) < 4.78 is 13.9. The van der Waals surface area contributed by atoms with Crippen molar-refractivity contribution in [3.63, 3.8) is 0 Å². The Bertz CT molecular complexity index is 603. The van der Waals surface area contributed by atoms with E-state index >= 15 is 0 Å². The molecule has 0 saturated carbocycles. The molecule has 2 heterocycles. The summed E-state index contributed by atoms with van der Waals surface area (Å²) in [6.07, 6.45) is 3.97. The van der Waals surface area contributed by atoms with Crippen molar-refractivity contribution in [2.24, 2.45) is 0 Å². The third kappa shape index (κ3) is 2.66. The van der Waals surface area contributed by atoms with Crippen LogP contribution in [0.1, 0.15) is 30.3 Å². The second-order valence-electron chi connectivity index (χ2n) is 5.27. The predicted octanol–water partition coefficient (Wildman–Crippen LogP) is 3.89. The van der Waals surface area contributed by atoms with Crippen molar-refractivity contribution in [2.75, 3.05) is 18.0 Å². The molecular weight excluding hydrogens is 277 g/mol. The lowest BCUT2D eigenvalue weighted by atomic mass is 9.93. The summed E-state index contributed by atoms with van der Waals surface area (Å²) in [4.78, 5) is 9.71. The van der Waals surface area contributed by atoms with Gasteiger partial charge in [0.1, 0.15) is 11.6 Å². The van der Waals surface area contributed by atoms with Crippen LogP contribution in [-0.2, 0) is 0 Å². The molecule has 0 aliphatic carbocycles. The van der Waals surface area contributed by atoms with Crippen LogP contribution in [0.5, 0.6) is 0 Å². The Balaban J connectivity index is 1.69. The summed E-state index contributed by atoms with van der Waals surface area (Å²) in [6, 6.07) is 4.87. The lowest BCUT2D eigenvalue weighted by molar-refractivity contribution is 0.490. The number of halogens is 2. The van der Waals surface area contributed by atoms with Crippen LogP contribution >= 0.6 is 11.6 Å². The zero-order chi connectivity index (χ0) is 14.1. The number of nitrogens with zero attached hydrogens (tertiary/aromatic N) is 2. The zero-order valence-electron chi connectivity index (χ0n) is 11.4. The van der Waals surface area contributed by atoms with E-state index < -0.39 is 0 Å². The molecule has 1 aliphatic rings. The van der Waals surface area contributed by atoms with Crippen LogP contribution in [0.3, 0.4) is 0 Å². The monoisotopic (exact) mass is 293 g/mol. The summed E-state index contributed by atoms with van der Waals surface area (Å²) in [5.41, 5.74) is 1.77. The Morgan fingerprint density at radius 2 is 2.10 bits per heavy atom. The van der Waals surface area contributed by atoms with E-state index in [4.69, 9.17) is 11.6 Å². The number of imidazole rings is 1. The van der Waals surface area contributed by atoms with Crippen molar-refractivity contribution in [3.05, 3.63) is 46.8 Å². The van der Waals surface area contributed by atoms with Gasteiger partial charge in [0.2, 0.25) is 0 Å². The molecule has 3 nitrogen and oxygen atoms in total. The molecule has 0 bridgehead atoms. The second-order valence-corrected chi connectivity index (χ2v) is 5.70. The molecule has 1 aromatic carbocycles. The molecule has 0 radical (unpaired) electrons. The van der Waals surface area contributed by atoms with Gasteiger partial charge in [-0.2, -0.15) is 0 Å². The average Bonchev–Trinajstić information content (AvgIpc) is 2.86. The van der Waals surface area contributed by atoms with Crippen LogP contribution in [0.25, 0.3) is 0 Å². The van der Waals surface area contributed by atoms with E-state index in [2.05, 4.69) is 14.9 Å². The van der Waals surface area contributed by atoms with Gasteiger partial charge in [0, 0.05) is 30.2 Å². The fourth-order valence-electron chi connectivity index (χ4n) is 2.80. The number of H-pyrrole nitrogens is 1. The quantitative estimate of drug-likeness (QED) is 0.911. The molecule has 0 atom stereocenters. The normalized spacial score (nSPS) is 16.6. The first-order valence-electron chi connectivity index (χ1n) is 6.85. The molecular formula is C15H17ClFN3. The van der Waals surface area contributed by atoms with Gasteiger partial charge in [0.05, 0.1) is 11.4 Å². The molecule has 20 heavy (non-hydrogen) atoms. The summed E-state index contributed by atoms with van der Waals surface area (Å²) >= 11 is 5.79. The van der Waals surface area contributed by atoms with Gasteiger partial charge in [-0.05, 0) is 38.0 Å². The fourth-order valence-corrected chi connectivity index (χ4v) is 2.96. The summed E-state index contributed by atoms with van der Waals surface area (Å²) in [6.45, 7) is 3.64. The molecule has 3 rings (SSSR count). The minimum absolute atomic E-state index is 0.244. The van der Waals surface area contributed by atoms with Gasteiger partial charge in [-0.3, -0.25) is 0 Å². The topological polar surface area (TPSA) is 31.9 Å². The highest BCUT2D eigenvalue weighted by Crippen LogP contribution is 2.31. The van der Waals surface area contributed by atoms with E-state index in [1.54, 1.807) is 12.1 Å². The van der Waals surface area contributed by atoms with E-state index in [0.29, 0.717) is 16.6 Å². The van der Waals surface area contributed by atoms with Gasteiger partial charge in [0.15, 0.2) is 0 Å². The van der Waals surface area contributed by atoms with E-state index in [9.17, 15) is 4.39 Å². The molecule has 1 aliphatic heterocycles. The average molecular weight is 294 g/mol. The number of aromatic amines is 1. The van der Waals surface area contributed by atoms with Crippen molar-refractivity contribution in [1.82, 2.24) is 9.97 Å². The first-order chi connectivity index (χ1) is 9.63. The minimum Gasteiger partial charge on any atom is -0.369 e. The number of nitrogens with one attached hydrogen (secondary N) is 1. The number of aromatic nitrogens is 2. The first-order valence-corrected chi connectivity index (χ1v) is 7.23. The smallest absolute Gasteiger partial charge is 0.147 e. The number of hydrogen-bond donors (Lipinski definition) is 1. The number of piperidine rings is 1. The van der Waals surface area contributed by atoms with Crippen LogP contribution < -0.4 is 4.90 Å². The molecule has 0 unspecified atom stereocenters. The molecule has 0 spiro atoms. The van der Waals surface area contributed by atoms with E-state index in [1.807, 2.05) is 13.1 Å². The Labute approximate surface area is 122 Å². The maximum Gasteiger partial charge on any atom is 0.147 e. The van der Waals surface area contributed by atoms with Crippen molar-refractivity contribution in [2.45, 2.75) is 25.7 Å². The highest BCUT2D eigenvalue weighted by Gasteiger charge is 2.23. The largest absolute Gasteiger partial charge is 0.369 e. The van der Waals surface area contributed by atoms with Crippen LogP contribution in [0, 0.1) is 12.7 Å². The van der Waals surface area contributed by atoms with E-state index in [-0.39, 0.29) is 5.82 Å². The molecule has 106 valence electrons. The first kappa shape index (κ1) is 13.4. The third-order valence-corrected chi connectivity index (χ3v) is 4.12. The van der Waals surface area contributed by atoms with Gasteiger partial charge in [-0.1, -0.05) is 11.6 Å². The van der Waals surface area contributed by atoms with Crippen molar-refractivity contribution in [1.29, 1.82) is 0 Å². The Hall–Kier alpha value is -1.55. The molecule has 1 aromatic heterocycles. The van der Waals surface area contributed by atoms with Gasteiger partial charge >= 0.3 is 0 Å². The Morgan fingerprint density at radius 3 is 2.70 bits per heavy atom. The standard InChI is InChI=1S/C15H17ClFN3/c1-10-18-9-14(19-10)11-4-6-20(7-5-11)15-3-2-12(16)8-13(15)17/h2-3,8-9,11H,4-7H2,1H3,(H,18,19). The maximum atomic E-state index is 13.9. The van der Waals surface area contributed by atoms with Gasteiger partial charge in [-0.15, -0.1) is 0 Å². The number of benzene rings is 1. The summed E-state index contributed by atoms with van der Waals surface area (Å²) in [5.74, 6) is 1.17. The Morgan fingerprint density at radius 1 is 1.35 bits per heavy atom. The molecule has 1 N–H and O–H groups in total. The lowest BCUT2D eigenvalue weighted by Gasteiger charge is -2.33. The molecule has 0 amide bonds. The fraction of sp³-hybridized carbons (Fsp3) is 0.400. The SMILES string of the molecule is Cc1nc(C2CCN(c3ccc(Cl)cc3F)CC2)c[nH]1. The van der Waals surface area contributed by atoms with Gasteiger partial charge < -0.3 is 9.88 Å². The van der Waals surface area contributed by atoms with Crippen LogP contribution in [-0.4, -0.2) is 23.1 Å². The maximum absolute atomic E-state index is 13.9. The highest BCUT2D eigenvalue weighted by molar-refractivity contribution is 6.30. The zero-order valence-corrected chi connectivity index (χ0v) is 12.1. The summed E-state index contributed by atoms with van der Waals surface area (Å²) in [5, 5.41) is 0.438. The second kappa shape index (κ2) is 5.44. The van der Waals surface area contributed by atoms with Crippen molar-refractivity contribution in [3.8, 4) is 0 Å². The summed E-state index contributed by atoms with van der Waals surface area (Å²) in [7, 11) is 0. The molecule has 5 heteroatoms. The predicted molar refractivity (Wildman–Crippen MR) is 78.9 cm³/mol. The van der Waals surface area contributed by atoms with Crippen molar-refractivity contribution < 1.29 is 4.39 Å². The molecule has 1 fully saturated rings.